The SMILES string of the molecule is NC(=S)c1ccc(Nc2cccc(Cl)c2F)c(Br)c1. The third-order valence-corrected chi connectivity index (χ3v) is 3.66. The summed E-state index contributed by atoms with van der Waals surface area (Å²) in [7, 11) is 0. The maximum Gasteiger partial charge on any atom is 0.165 e. The first-order valence-electron chi connectivity index (χ1n) is 5.29. The topological polar surface area (TPSA) is 38.0 Å². The van der Waals surface area contributed by atoms with E-state index in [1.54, 1.807) is 30.3 Å². The Kier molecular flexibility index (Phi) is 4.39. The van der Waals surface area contributed by atoms with E-state index in [1.807, 2.05) is 0 Å². The molecule has 2 rings (SSSR count). The summed E-state index contributed by atoms with van der Waals surface area (Å²) < 4.78 is 14.5. The first kappa shape index (κ1) is 14.2. The first-order chi connectivity index (χ1) is 8.99. The summed E-state index contributed by atoms with van der Waals surface area (Å²) in [6, 6.07) is 10.1. The number of hydrogen-bond donors (Lipinski definition) is 2. The van der Waals surface area contributed by atoms with Gasteiger partial charge in [0.2, 0.25) is 0 Å². The Labute approximate surface area is 128 Å². The van der Waals surface area contributed by atoms with Crippen LogP contribution >= 0.6 is 39.7 Å². The molecule has 0 fully saturated rings. The van der Waals surface area contributed by atoms with Gasteiger partial charge in [0.05, 0.1) is 16.4 Å². The van der Waals surface area contributed by atoms with Crippen molar-refractivity contribution < 1.29 is 4.39 Å². The maximum atomic E-state index is 13.8. The number of nitrogens with two attached hydrogens (primary N) is 1. The number of benzene rings is 2. The van der Waals surface area contributed by atoms with Crippen LogP contribution in [0.3, 0.4) is 0 Å². The molecule has 19 heavy (non-hydrogen) atoms. The van der Waals surface area contributed by atoms with Crippen LogP contribution in [0.1, 0.15) is 5.56 Å². The van der Waals surface area contributed by atoms with Crippen molar-refractivity contribution >= 4 is 56.1 Å². The highest BCUT2D eigenvalue weighted by molar-refractivity contribution is 9.10. The molecule has 2 nitrogen and oxygen atoms in total. The van der Waals surface area contributed by atoms with E-state index in [-0.39, 0.29) is 5.02 Å². The lowest BCUT2D eigenvalue weighted by molar-refractivity contribution is 0.632. The van der Waals surface area contributed by atoms with E-state index >= 15 is 0 Å². The van der Waals surface area contributed by atoms with Crippen molar-refractivity contribution in [1.29, 1.82) is 0 Å². The average molecular weight is 360 g/mol. The van der Waals surface area contributed by atoms with Crippen molar-refractivity contribution in [3.8, 4) is 0 Å². The number of hydrogen-bond acceptors (Lipinski definition) is 2. The van der Waals surface area contributed by atoms with Crippen molar-refractivity contribution in [3.05, 3.63) is 57.3 Å². The number of halogens is 3. The van der Waals surface area contributed by atoms with Crippen molar-refractivity contribution in [2.24, 2.45) is 5.73 Å². The van der Waals surface area contributed by atoms with Crippen molar-refractivity contribution in [2.75, 3.05) is 5.32 Å². The normalized spacial score (nSPS) is 10.3. The Morgan fingerprint density at radius 1 is 1.26 bits per heavy atom. The van der Waals surface area contributed by atoms with E-state index in [4.69, 9.17) is 29.6 Å². The Hall–Kier alpha value is -1.17. The van der Waals surface area contributed by atoms with Crippen molar-refractivity contribution in [1.82, 2.24) is 0 Å². The van der Waals surface area contributed by atoms with Gasteiger partial charge in [0.25, 0.3) is 0 Å². The molecule has 0 aromatic heterocycles. The molecule has 0 aliphatic carbocycles. The molecule has 0 bridgehead atoms. The molecular formula is C13H9BrClFN2S. The van der Waals surface area contributed by atoms with Crippen molar-refractivity contribution in [2.45, 2.75) is 0 Å². The quantitative estimate of drug-likeness (QED) is 0.785. The highest BCUT2D eigenvalue weighted by atomic mass is 79.9. The number of rotatable bonds is 3. The zero-order valence-electron chi connectivity index (χ0n) is 9.58. The maximum absolute atomic E-state index is 13.8. The van der Waals surface area contributed by atoms with Gasteiger partial charge in [0, 0.05) is 10.0 Å². The second kappa shape index (κ2) is 5.86. The molecule has 0 aliphatic rings. The van der Waals surface area contributed by atoms with Gasteiger partial charge in [0.1, 0.15) is 4.99 Å². The lowest BCUT2D eigenvalue weighted by atomic mass is 10.2. The minimum atomic E-state index is -0.491. The van der Waals surface area contributed by atoms with E-state index in [9.17, 15) is 4.39 Å². The molecule has 2 aromatic rings. The third kappa shape index (κ3) is 3.23. The molecule has 98 valence electrons. The van der Waals surface area contributed by atoms with Crippen LogP contribution in [0.15, 0.2) is 40.9 Å². The fraction of sp³-hybridized carbons (Fsp3) is 0. The fourth-order valence-electron chi connectivity index (χ4n) is 1.52. The van der Waals surface area contributed by atoms with Crippen molar-refractivity contribution in [3.63, 3.8) is 0 Å². The number of anilines is 2. The highest BCUT2D eigenvalue weighted by Crippen LogP contribution is 2.30. The van der Waals surface area contributed by atoms with Gasteiger partial charge in [-0.15, -0.1) is 0 Å². The van der Waals surface area contributed by atoms with Gasteiger partial charge in [-0.2, -0.15) is 0 Å². The van der Waals surface area contributed by atoms with Crippen LogP contribution in [0.2, 0.25) is 5.02 Å². The van der Waals surface area contributed by atoms with Crippen LogP contribution in [-0.2, 0) is 0 Å². The number of thiocarbonyl (C=S) groups is 1. The summed E-state index contributed by atoms with van der Waals surface area (Å²) >= 11 is 14.0. The molecule has 0 amide bonds. The zero-order valence-corrected chi connectivity index (χ0v) is 12.7. The lowest BCUT2D eigenvalue weighted by Gasteiger charge is -2.11. The van der Waals surface area contributed by atoms with Gasteiger partial charge in [0.15, 0.2) is 5.82 Å². The Morgan fingerprint density at radius 3 is 2.63 bits per heavy atom. The van der Waals surface area contributed by atoms with Gasteiger partial charge in [-0.1, -0.05) is 29.9 Å². The largest absolute Gasteiger partial charge is 0.389 e. The van der Waals surface area contributed by atoms with Crippen LogP contribution in [0.25, 0.3) is 0 Å². The summed E-state index contributed by atoms with van der Waals surface area (Å²) in [5, 5.41) is 3.03. The molecule has 0 unspecified atom stereocenters. The zero-order chi connectivity index (χ0) is 14.0. The Bertz CT molecular complexity index is 649. The molecule has 0 saturated carbocycles. The van der Waals surface area contributed by atoms with Crippen LogP contribution in [-0.4, -0.2) is 4.99 Å². The predicted octanol–water partition coefficient (Wildman–Crippen LogP) is 4.62. The summed E-state index contributed by atoms with van der Waals surface area (Å²) in [4.78, 5) is 0.307. The molecule has 0 spiro atoms. The molecule has 0 atom stereocenters. The van der Waals surface area contributed by atoms with Gasteiger partial charge in [-0.05, 0) is 46.3 Å². The Balaban J connectivity index is 2.34. The monoisotopic (exact) mass is 358 g/mol. The van der Waals surface area contributed by atoms with E-state index in [0.717, 1.165) is 10.0 Å². The Morgan fingerprint density at radius 2 is 2.00 bits per heavy atom. The second-order valence-electron chi connectivity index (χ2n) is 3.79. The molecular weight excluding hydrogens is 351 g/mol. The van der Waals surface area contributed by atoms with E-state index < -0.39 is 5.82 Å². The molecule has 0 aliphatic heterocycles. The summed E-state index contributed by atoms with van der Waals surface area (Å²) in [5.74, 6) is -0.491. The van der Waals surface area contributed by atoms with Crippen LogP contribution in [0.5, 0.6) is 0 Å². The predicted molar refractivity (Wildman–Crippen MR) is 84.7 cm³/mol. The van der Waals surface area contributed by atoms with Gasteiger partial charge in [-0.3, -0.25) is 0 Å². The molecule has 3 N–H and O–H groups in total. The molecule has 2 aromatic carbocycles. The lowest BCUT2D eigenvalue weighted by Crippen LogP contribution is -2.09. The number of nitrogens with one attached hydrogen (secondary N) is 1. The minimum Gasteiger partial charge on any atom is -0.389 e. The van der Waals surface area contributed by atoms with Crippen LogP contribution in [0.4, 0.5) is 15.8 Å². The second-order valence-corrected chi connectivity index (χ2v) is 5.49. The van der Waals surface area contributed by atoms with Gasteiger partial charge < -0.3 is 11.1 Å². The highest BCUT2D eigenvalue weighted by Gasteiger charge is 2.09. The summed E-state index contributed by atoms with van der Waals surface area (Å²) in [5.41, 5.74) is 7.27. The van der Waals surface area contributed by atoms with E-state index in [1.165, 1.54) is 6.07 Å². The summed E-state index contributed by atoms with van der Waals surface area (Å²) in [6.07, 6.45) is 0. The van der Waals surface area contributed by atoms with Gasteiger partial charge in [-0.25, -0.2) is 4.39 Å². The molecule has 6 heteroatoms. The molecule has 0 saturated heterocycles. The third-order valence-electron chi connectivity index (χ3n) is 2.47. The van der Waals surface area contributed by atoms with Gasteiger partial charge >= 0.3 is 0 Å². The first-order valence-corrected chi connectivity index (χ1v) is 6.87. The average Bonchev–Trinajstić information content (AvgIpc) is 2.37. The van der Waals surface area contributed by atoms with Crippen LogP contribution in [0, 0.1) is 5.82 Å². The molecule has 0 radical (unpaired) electrons. The standard InChI is InChI=1S/C13H9BrClFN2S/c14-8-6-7(13(17)19)4-5-10(8)18-11-3-1-2-9(15)12(11)16/h1-6,18H,(H2,17,19). The fourth-order valence-corrected chi connectivity index (χ4v) is 2.29. The smallest absolute Gasteiger partial charge is 0.165 e. The van der Waals surface area contributed by atoms with E-state index in [2.05, 4.69) is 21.2 Å². The molecule has 0 heterocycles. The van der Waals surface area contributed by atoms with E-state index in [0.29, 0.717) is 16.4 Å². The summed E-state index contributed by atoms with van der Waals surface area (Å²) in [6.45, 7) is 0. The minimum absolute atomic E-state index is 0.0703. The van der Waals surface area contributed by atoms with Crippen LogP contribution < -0.4 is 11.1 Å².